The molecule has 0 atom stereocenters. The molecule has 0 unspecified atom stereocenters. The average Bonchev–Trinajstić information content (AvgIpc) is 3.22. The highest BCUT2D eigenvalue weighted by molar-refractivity contribution is 7.83. The third-order valence-corrected chi connectivity index (χ3v) is 3.72. The van der Waals surface area contributed by atoms with Gasteiger partial charge in [0.2, 0.25) is 0 Å². The molecule has 10 heteroatoms. The average molecular weight is 320 g/mol. The van der Waals surface area contributed by atoms with Crippen molar-refractivity contribution in [3.8, 4) is 0 Å². The van der Waals surface area contributed by atoms with E-state index in [0.717, 1.165) is 24.2 Å². The molecule has 0 amide bonds. The normalized spacial score (nSPS) is 14.7. The number of nitrogens with zero attached hydrogens (tertiary/aromatic N) is 4. The molecule has 9 nitrogen and oxygen atoms in total. The second-order valence-electron chi connectivity index (χ2n) is 4.62. The minimum Gasteiger partial charge on any atom is -0.366 e. The lowest BCUT2D eigenvalue weighted by Gasteiger charge is -2.09. The molecule has 0 bridgehead atoms. The summed E-state index contributed by atoms with van der Waals surface area (Å²) in [5.74, 6) is 1.06. The number of amidine groups is 2. The number of hydrogen-bond acceptors (Lipinski definition) is 5. The highest BCUT2D eigenvalue weighted by Crippen LogP contribution is 2.00. The first-order chi connectivity index (χ1) is 10.8. The van der Waals surface area contributed by atoms with E-state index in [1.807, 2.05) is 0 Å². The molecule has 3 rings (SSSR count). The molecule has 22 heavy (non-hydrogen) atoms. The highest BCUT2D eigenvalue weighted by Gasteiger charge is 2.18. The van der Waals surface area contributed by atoms with Crippen molar-refractivity contribution in [1.29, 1.82) is 0 Å². The number of hydrogen-bond donors (Lipinski definition) is 4. The summed E-state index contributed by atoms with van der Waals surface area (Å²) in [6.07, 6.45) is 8.37. The molecule has 116 valence electrons. The van der Waals surface area contributed by atoms with Crippen LogP contribution in [0.4, 0.5) is 0 Å². The number of aromatic nitrogens is 4. The Morgan fingerprint density at radius 2 is 1.41 bits per heavy atom. The summed E-state index contributed by atoms with van der Waals surface area (Å²) >= 11 is -1.55. The quantitative estimate of drug-likeness (QED) is 0.570. The maximum Gasteiger partial charge on any atom is 0.269 e. The first-order valence-corrected chi connectivity index (χ1v) is 7.89. The second kappa shape index (κ2) is 6.98. The van der Waals surface area contributed by atoms with Crippen molar-refractivity contribution < 1.29 is 4.21 Å². The van der Waals surface area contributed by atoms with Crippen LogP contribution in [0.2, 0.25) is 0 Å². The zero-order valence-corrected chi connectivity index (χ0v) is 12.6. The molecular weight excluding hydrogens is 304 g/mol. The van der Waals surface area contributed by atoms with Crippen LogP contribution in [0.3, 0.4) is 0 Å². The van der Waals surface area contributed by atoms with Gasteiger partial charge in [0.15, 0.2) is 11.7 Å². The van der Waals surface area contributed by atoms with Crippen LogP contribution < -0.4 is 10.6 Å². The standard InChI is InChI=1S/C12H16N8OS/c21-22-19-11(15-3-1-9-5-13-7-17-9)12(20-22)16-4-2-10-6-14-8-18-10/h5-8H,1-4H2,(H,13,17)(H,14,18)(H,15,19)(H,16,20). The Kier molecular flexibility index (Phi) is 4.59. The number of aromatic amines is 2. The molecule has 0 spiro atoms. The molecule has 1 aliphatic heterocycles. The van der Waals surface area contributed by atoms with Crippen molar-refractivity contribution in [2.24, 2.45) is 8.80 Å². The number of H-pyrrole nitrogens is 2. The lowest BCUT2D eigenvalue weighted by molar-refractivity contribution is 0.686. The van der Waals surface area contributed by atoms with Crippen LogP contribution in [0.15, 0.2) is 33.8 Å². The fraction of sp³-hybridized carbons (Fsp3) is 0.333. The van der Waals surface area contributed by atoms with Gasteiger partial charge in [0, 0.05) is 49.7 Å². The Morgan fingerprint density at radius 3 is 1.82 bits per heavy atom. The van der Waals surface area contributed by atoms with E-state index in [1.54, 1.807) is 25.0 Å². The molecule has 2 aromatic heterocycles. The van der Waals surface area contributed by atoms with Crippen molar-refractivity contribution in [3.63, 3.8) is 0 Å². The summed E-state index contributed by atoms with van der Waals surface area (Å²) in [6, 6.07) is 0. The maximum atomic E-state index is 11.5. The summed E-state index contributed by atoms with van der Waals surface area (Å²) in [5.41, 5.74) is 2.05. The topological polar surface area (TPSA) is 123 Å². The van der Waals surface area contributed by atoms with Crippen LogP contribution in [0, 0.1) is 0 Å². The second-order valence-corrected chi connectivity index (χ2v) is 5.44. The van der Waals surface area contributed by atoms with E-state index in [0.29, 0.717) is 24.8 Å². The molecule has 0 saturated heterocycles. The SMILES string of the molecule is O=S1N=C(NCCc2cnc[nH]2)C(NCCc2cnc[nH]2)=N1. The van der Waals surface area contributed by atoms with Gasteiger partial charge in [0.25, 0.3) is 11.2 Å². The van der Waals surface area contributed by atoms with Crippen molar-refractivity contribution >= 4 is 22.8 Å². The third-order valence-electron chi connectivity index (χ3n) is 3.05. The molecule has 2 aromatic rings. The molecular formula is C12H16N8OS. The first kappa shape index (κ1) is 14.4. The molecule has 0 aromatic carbocycles. The van der Waals surface area contributed by atoms with E-state index >= 15 is 0 Å². The summed E-state index contributed by atoms with van der Waals surface area (Å²) in [7, 11) is 0. The van der Waals surface area contributed by atoms with Crippen LogP contribution >= 0.6 is 0 Å². The molecule has 0 fully saturated rings. The Balaban J connectivity index is 1.46. The van der Waals surface area contributed by atoms with Crippen LogP contribution in [-0.2, 0) is 24.0 Å². The zero-order valence-electron chi connectivity index (χ0n) is 11.7. The fourth-order valence-corrected chi connectivity index (χ4v) is 2.62. The van der Waals surface area contributed by atoms with Gasteiger partial charge in [-0.15, -0.1) is 8.80 Å². The largest absolute Gasteiger partial charge is 0.366 e. The number of nitrogens with one attached hydrogen (secondary N) is 4. The minimum absolute atomic E-state index is 0.530. The van der Waals surface area contributed by atoms with Crippen LogP contribution in [0.5, 0.6) is 0 Å². The van der Waals surface area contributed by atoms with Crippen LogP contribution in [0.1, 0.15) is 11.4 Å². The summed E-state index contributed by atoms with van der Waals surface area (Å²) in [5, 5.41) is 6.28. The highest BCUT2D eigenvalue weighted by atomic mass is 32.2. The van der Waals surface area contributed by atoms with Crippen LogP contribution in [-0.4, -0.2) is 48.9 Å². The van der Waals surface area contributed by atoms with E-state index < -0.39 is 11.2 Å². The van der Waals surface area contributed by atoms with Crippen molar-refractivity contribution in [2.45, 2.75) is 12.8 Å². The number of rotatable bonds is 6. The van der Waals surface area contributed by atoms with Gasteiger partial charge in [0.05, 0.1) is 12.7 Å². The maximum absolute atomic E-state index is 11.5. The van der Waals surface area contributed by atoms with Crippen molar-refractivity contribution in [1.82, 2.24) is 30.6 Å². The van der Waals surface area contributed by atoms with Gasteiger partial charge >= 0.3 is 0 Å². The Morgan fingerprint density at radius 1 is 0.909 bits per heavy atom. The molecule has 3 heterocycles. The Hall–Kier alpha value is -2.49. The van der Waals surface area contributed by atoms with Gasteiger partial charge in [-0.25, -0.2) is 14.2 Å². The number of imidazole rings is 2. The first-order valence-electron chi connectivity index (χ1n) is 6.83. The molecule has 1 aliphatic rings. The molecule has 0 radical (unpaired) electrons. The van der Waals surface area contributed by atoms with Crippen molar-refractivity contribution in [3.05, 3.63) is 36.4 Å². The van der Waals surface area contributed by atoms with Gasteiger partial charge in [-0.1, -0.05) is 0 Å². The summed E-state index contributed by atoms with van der Waals surface area (Å²) < 4.78 is 19.4. The predicted octanol–water partition coefficient (Wildman–Crippen LogP) is -0.513. The van der Waals surface area contributed by atoms with Gasteiger partial charge in [0.1, 0.15) is 0 Å². The van der Waals surface area contributed by atoms with Gasteiger partial charge in [-0.05, 0) is 0 Å². The lowest BCUT2D eigenvalue weighted by Crippen LogP contribution is -2.40. The Bertz CT molecular complexity index is 618. The summed E-state index contributed by atoms with van der Waals surface area (Å²) in [4.78, 5) is 14.0. The third kappa shape index (κ3) is 3.79. The monoisotopic (exact) mass is 320 g/mol. The van der Waals surface area contributed by atoms with Gasteiger partial charge in [-0.3, -0.25) is 0 Å². The zero-order chi connectivity index (χ0) is 15.2. The van der Waals surface area contributed by atoms with E-state index in [9.17, 15) is 4.21 Å². The van der Waals surface area contributed by atoms with Crippen LogP contribution in [0.25, 0.3) is 0 Å². The van der Waals surface area contributed by atoms with E-state index in [1.165, 1.54) is 0 Å². The molecule has 0 aliphatic carbocycles. The Labute approximate surface area is 129 Å². The van der Waals surface area contributed by atoms with Gasteiger partial charge in [-0.2, -0.15) is 0 Å². The van der Waals surface area contributed by atoms with E-state index in [-0.39, 0.29) is 0 Å². The molecule has 4 N–H and O–H groups in total. The fourth-order valence-electron chi connectivity index (χ4n) is 1.97. The van der Waals surface area contributed by atoms with Crippen molar-refractivity contribution in [2.75, 3.05) is 13.1 Å². The lowest BCUT2D eigenvalue weighted by atomic mass is 10.3. The van der Waals surface area contributed by atoms with E-state index in [4.69, 9.17) is 0 Å². The minimum atomic E-state index is -1.55. The summed E-state index contributed by atoms with van der Waals surface area (Å²) in [6.45, 7) is 1.30. The predicted molar refractivity (Wildman–Crippen MR) is 83.6 cm³/mol. The smallest absolute Gasteiger partial charge is 0.269 e. The molecule has 0 saturated carbocycles. The van der Waals surface area contributed by atoms with Gasteiger partial charge < -0.3 is 20.6 Å². The van der Waals surface area contributed by atoms with E-state index in [2.05, 4.69) is 39.4 Å².